The van der Waals surface area contributed by atoms with Crippen molar-refractivity contribution in [1.29, 1.82) is 0 Å². The lowest BCUT2D eigenvalue weighted by atomic mass is 9.95. The van der Waals surface area contributed by atoms with Crippen molar-refractivity contribution >= 4 is 5.78 Å². The summed E-state index contributed by atoms with van der Waals surface area (Å²) < 4.78 is 19.7. The number of rotatable bonds is 2. The van der Waals surface area contributed by atoms with E-state index < -0.39 is 5.82 Å². The van der Waals surface area contributed by atoms with Crippen molar-refractivity contribution < 1.29 is 13.9 Å². The highest BCUT2D eigenvalue weighted by Crippen LogP contribution is 2.32. The van der Waals surface area contributed by atoms with Crippen LogP contribution in [0, 0.1) is 12.7 Å². The molecule has 108 valence electrons. The van der Waals surface area contributed by atoms with E-state index in [9.17, 15) is 9.18 Å². The molecule has 0 atom stereocenters. The van der Waals surface area contributed by atoms with Gasteiger partial charge in [-0.3, -0.25) is 4.79 Å². The van der Waals surface area contributed by atoms with Gasteiger partial charge in [-0.15, -0.1) is 0 Å². The van der Waals surface area contributed by atoms with E-state index in [-0.39, 0.29) is 11.3 Å². The first-order valence-electron chi connectivity index (χ1n) is 7.22. The monoisotopic (exact) mass is 284 g/mol. The summed E-state index contributed by atoms with van der Waals surface area (Å²) in [6.45, 7) is 2.55. The van der Waals surface area contributed by atoms with E-state index in [1.54, 1.807) is 18.2 Å². The van der Waals surface area contributed by atoms with Gasteiger partial charge in [0.2, 0.25) is 0 Å². The van der Waals surface area contributed by atoms with E-state index in [0.717, 1.165) is 30.4 Å². The number of ketones is 1. The summed E-state index contributed by atoms with van der Waals surface area (Å²) in [6.07, 6.45) is 2.92. The van der Waals surface area contributed by atoms with Gasteiger partial charge in [0.25, 0.3) is 0 Å². The summed E-state index contributed by atoms with van der Waals surface area (Å²) >= 11 is 0. The predicted octanol–water partition coefficient (Wildman–Crippen LogP) is 4.08. The second kappa shape index (κ2) is 5.68. The van der Waals surface area contributed by atoms with Crippen LogP contribution in [0.1, 0.15) is 39.9 Å². The largest absolute Gasteiger partial charge is 0.493 e. The standard InChI is InChI=1S/C18H17FO2/c1-12-10-13-6-4-5-9-21-18(13)15(11-12)17(20)14-7-2-3-8-16(14)19/h2-3,7-8,10-11H,4-6,9H2,1H3. The summed E-state index contributed by atoms with van der Waals surface area (Å²) in [5, 5.41) is 0. The van der Waals surface area contributed by atoms with E-state index >= 15 is 0 Å². The molecule has 0 unspecified atom stereocenters. The van der Waals surface area contributed by atoms with E-state index in [1.165, 1.54) is 12.1 Å². The molecule has 3 rings (SSSR count). The number of hydrogen-bond acceptors (Lipinski definition) is 2. The summed E-state index contributed by atoms with van der Waals surface area (Å²) in [5.74, 6) is -0.173. The number of carbonyl (C=O) groups is 1. The Labute approximate surface area is 123 Å². The van der Waals surface area contributed by atoms with Crippen LogP contribution in [0.15, 0.2) is 36.4 Å². The van der Waals surface area contributed by atoms with Gasteiger partial charge in [-0.1, -0.05) is 18.2 Å². The topological polar surface area (TPSA) is 26.3 Å². The maximum atomic E-state index is 13.9. The summed E-state index contributed by atoms with van der Waals surface area (Å²) in [7, 11) is 0. The van der Waals surface area contributed by atoms with Crippen LogP contribution in [0.5, 0.6) is 5.75 Å². The van der Waals surface area contributed by atoms with Gasteiger partial charge in [-0.2, -0.15) is 0 Å². The Morgan fingerprint density at radius 1 is 1.14 bits per heavy atom. The number of hydrogen-bond donors (Lipinski definition) is 0. The minimum Gasteiger partial charge on any atom is -0.493 e. The first-order valence-corrected chi connectivity index (χ1v) is 7.22. The Kier molecular flexibility index (Phi) is 3.74. The van der Waals surface area contributed by atoms with E-state index in [1.807, 2.05) is 6.92 Å². The lowest BCUT2D eigenvalue weighted by Crippen LogP contribution is -2.09. The van der Waals surface area contributed by atoms with Crippen LogP contribution < -0.4 is 4.74 Å². The fraction of sp³-hybridized carbons (Fsp3) is 0.278. The van der Waals surface area contributed by atoms with Gasteiger partial charge >= 0.3 is 0 Å². The quantitative estimate of drug-likeness (QED) is 0.777. The smallest absolute Gasteiger partial charge is 0.199 e. The molecule has 0 amide bonds. The van der Waals surface area contributed by atoms with Gasteiger partial charge in [0.15, 0.2) is 5.78 Å². The molecule has 0 aliphatic carbocycles. The van der Waals surface area contributed by atoms with Gasteiger partial charge in [-0.25, -0.2) is 4.39 Å². The third kappa shape index (κ3) is 2.68. The molecular weight excluding hydrogens is 267 g/mol. The fourth-order valence-electron chi connectivity index (χ4n) is 2.76. The molecule has 2 aromatic carbocycles. The highest BCUT2D eigenvalue weighted by Gasteiger charge is 2.22. The van der Waals surface area contributed by atoms with Crippen molar-refractivity contribution in [3.05, 3.63) is 64.5 Å². The van der Waals surface area contributed by atoms with Crippen molar-refractivity contribution in [2.24, 2.45) is 0 Å². The Bertz CT molecular complexity index is 692. The molecule has 21 heavy (non-hydrogen) atoms. The molecule has 0 saturated carbocycles. The molecule has 2 aromatic rings. The van der Waals surface area contributed by atoms with Crippen LogP contribution in [0.2, 0.25) is 0 Å². The second-order valence-electron chi connectivity index (χ2n) is 5.42. The second-order valence-corrected chi connectivity index (χ2v) is 5.42. The molecule has 0 bridgehead atoms. The van der Waals surface area contributed by atoms with Gasteiger partial charge in [0.1, 0.15) is 11.6 Å². The van der Waals surface area contributed by atoms with Gasteiger partial charge < -0.3 is 4.74 Å². The molecule has 1 heterocycles. The van der Waals surface area contributed by atoms with E-state index in [2.05, 4.69) is 6.07 Å². The third-order valence-electron chi connectivity index (χ3n) is 3.76. The molecular formula is C18H17FO2. The van der Waals surface area contributed by atoms with E-state index in [0.29, 0.717) is 17.9 Å². The van der Waals surface area contributed by atoms with Crippen LogP contribution >= 0.6 is 0 Å². The number of aryl methyl sites for hydroxylation is 2. The third-order valence-corrected chi connectivity index (χ3v) is 3.76. The van der Waals surface area contributed by atoms with Crippen molar-refractivity contribution in [2.75, 3.05) is 6.61 Å². The number of fused-ring (bicyclic) bond motifs is 1. The van der Waals surface area contributed by atoms with Crippen molar-refractivity contribution in [3.8, 4) is 5.75 Å². The minimum atomic E-state index is -0.494. The van der Waals surface area contributed by atoms with Crippen molar-refractivity contribution in [2.45, 2.75) is 26.2 Å². The lowest BCUT2D eigenvalue weighted by molar-refractivity contribution is 0.103. The van der Waals surface area contributed by atoms with Crippen LogP contribution in [0.4, 0.5) is 4.39 Å². The molecule has 1 aliphatic heterocycles. The van der Waals surface area contributed by atoms with Gasteiger partial charge in [0.05, 0.1) is 17.7 Å². The molecule has 0 spiro atoms. The Balaban J connectivity index is 2.12. The van der Waals surface area contributed by atoms with Crippen molar-refractivity contribution in [1.82, 2.24) is 0 Å². The van der Waals surface area contributed by atoms with Crippen LogP contribution in [-0.4, -0.2) is 12.4 Å². The highest BCUT2D eigenvalue weighted by molar-refractivity contribution is 6.11. The minimum absolute atomic E-state index is 0.0955. The summed E-state index contributed by atoms with van der Waals surface area (Å²) in [6, 6.07) is 9.92. The molecule has 0 saturated heterocycles. The predicted molar refractivity (Wildman–Crippen MR) is 79.4 cm³/mol. The molecule has 0 N–H and O–H groups in total. The number of benzene rings is 2. The number of halogens is 1. The van der Waals surface area contributed by atoms with Crippen LogP contribution in [0.25, 0.3) is 0 Å². The first-order chi connectivity index (χ1) is 10.2. The number of carbonyl (C=O) groups excluding carboxylic acids is 1. The molecule has 0 fully saturated rings. The molecule has 1 aliphatic rings. The summed E-state index contributed by atoms with van der Waals surface area (Å²) in [4.78, 5) is 12.7. The first kappa shape index (κ1) is 13.8. The van der Waals surface area contributed by atoms with Crippen LogP contribution in [-0.2, 0) is 6.42 Å². The maximum absolute atomic E-state index is 13.9. The van der Waals surface area contributed by atoms with E-state index in [4.69, 9.17) is 4.74 Å². The normalized spacial score (nSPS) is 14.0. The molecule has 0 aromatic heterocycles. The molecule has 3 heteroatoms. The zero-order chi connectivity index (χ0) is 14.8. The van der Waals surface area contributed by atoms with Crippen molar-refractivity contribution in [3.63, 3.8) is 0 Å². The fourth-order valence-corrected chi connectivity index (χ4v) is 2.76. The van der Waals surface area contributed by atoms with Gasteiger partial charge in [0, 0.05) is 0 Å². The molecule has 2 nitrogen and oxygen atoms in total. The SMILES string of the molecule is Cc1cc2c(c(C(=O)c3ccccc3F)c1)OCCCC2. The zero-order valence-electron chi connectivity index (χ0n) is 12.0. The maximum Gasteiger partial charge on any atom is 0.199 e. The average molecular weight is 284 g/mol. The Hall–Kier alpha value is -2.16. The Morgan fingerprint density at radius 2 is 1.95 bits per heavy atom. The highest BCUT2D eigenvalue weighted by atomic mass is 19.1. The van der Waals surface area contributed by atoms with Gasteiger partial charge in [-0.05, 0) is 55.5 Å². The zero-order valence-corrected chi connectivity index (χ0v) is 12.0. The average Bonchev–Trinajstić information content (AvgIpc) is 2.71. The Morgan fingerprint density at radius 3 is 2.76 bits per heavy atom. The molecule has 0 radical (unpaired) electrons. The number of ether oxygens (including phenoxy) is 1. The van der Waals surface area contributed by atoms with Crippen LogP contribution in [0.3, 0.4) is 0 Å². The summed E-state index contributed by atoms with van der Waals surface area (Å²) in [5.41, 5.74) is 2.61. The lowest BCUT2D eigenvalue weighted by Gasteiger charge is -2.14.